The molecule has 1 aromatic heterocycles. The van der Waals surface area contributed by atoms with Crippen molar-refractivity contribution in [3.8, 4) is 0 Å². The average Bonchev–Trinajstić information content (AvgIpc) is 2.94. The van der Waals surface area contributed by atoms with Gasteiger partial charge < -0.3 is 13.6 Å². The van der Waals surface area contributed by atoms with Crippen LogP contribution >= 0.6 is 7.60 Å². The van der Waals surface area contributed by atoms with Crippen LogP contribution in [0.1, 0.15) is 5.56 Å². The molecule has 0 aliphatic rings. The number of para-hydroxylation sites is 1. The molecule has 0 fully saturated rings. The molecule has 0 bridgehead atoms. The largest absolute Gasteiger partial charge is 0.377 e. The van der Waals surface area contributed by atoms with Gasteiger partial charge in [-0.2, -0.15) is 0 Å². The van der Waals surface area contributed by atoms with Crippen molar-refractivity contribution in [1.29, 1.82) is 0 Å². The molecule has 0 N–H and O–H groups in total. The highest BCUT2D eigenvalue weighted by Crippen LogP contribution is 2.46. The summed E-state index contributed by atoms with van der Waals surface area (Å²) in [7, 11) is -0.495. The van der Waals surface area contributed by atoms with Crippen LogP contribution in [0.5, 0.6) is 0 Å². The van der Waals surface area contributed by atoms with Crippen LogP contribution in [0.4, 0.5) is 0 Å². The third-order valence-corrected chi connectivity index (χ3v) is 5.63. The molecule has 114 valence electrons. The maximum Gasteiger partial charge on any atom is 0.377 e. The summed E-state index contributed by atoms with van der Waals surface area (Å²) in [4.78, 5) is 0. The molecule has 0 aliphatic carbocycles. The van der Waals surface area contributed by atoms with E-state index in [1.54, 1.807) is 0 Å². The number of hydrogen-bond acceptors (Lipinski definition) is 3. The lowest BCUT2D eigenvalue weighted by atomic mass is 10.2. The van der Waals surface area contributed by atoms with E-state index in [2.05, 4.69) is 0 Å². The quantitative estimate of drug-likeness (QED) is 0.672. The van der Waals surface area contributed by atoms with Crippen LogP contribution in [0.2, 0.25) is 0 Å². The van der Waals surface area contributed by atoms with Gasteiger partial charge >= 0.3 is 7.60 Å². The zero-order chi connectivity index (χ0) is 15.6. The van der Waals surface area contributed by atoms with Gasteiger partial charge in [0, 0.05) is 31.7 Å². The van der Waals surface area contributed by atoms with Gasteiger partial charge in [0.2, 0.25) is 0 Å². The number of rotatable bonds is 5. The molecule has 0 saturated carbocycles. The molecule has 2 aromatic carbocycles. The summed E-state index contributed by atoms with van der Waals surface area (Å²) < 4.78 is 25.3. The Morgan fingerprint density at radius 3 is 2.27 bits per heavy atom. The Labute approximate surface area is 129 Å². The zero-order valence-electron chi connectivity index (χ0n) is 12.6. The summed E-state index contributed by atoms with van der Waals surface area (Å²) in [5.74, 6) is 0. The molecule has 3 aromatic rings. The monoisotopic (exact) mass is 315 g/mol. The smallest absolute Gasteiger partial charge is 0.330 e. The second-order valence-electron chi connectivity index (χ2n) is 5.00. The number of nitrogens with zero attached hydrogens (tertiary/aromatic N) is 1. The van der Waals surface area contributed by atoms with Crippen molar-refractivity contribution < 1.29 is 13.6 Å². The van der Waals surface area contributed by atoms with Crippen molar-refractivity contribution in [2.24, 2.45) is 0 Å². The molecule has 0 saturated heterocycles. The van der Waals surface area contributed by atoms with Crippen LogP contribution in [0, 0.1) is 0 Å². The molecule has 4 nitrogen and oxygen atoms in total. The first kappa shape index (κ1) is 15.0. The van der Waals surface area contributed by atoms with Gasteiger partial charge in [-0.05, 0) is 17.7 Å². The molecule has 1 heterocycles. The van der Waals surface area contributed by atoms with Crippen molar-refractivity contribution in [2.75, 3.05) is 14.2 Å². The van der Waals surface area contributed by atoms with Gasteiger partial charge in [-0.3, -0.25) is 4.57 Å². The molecular weight excluding hydrogens is 297 g/mol. The van der Waals surface area contributed by atoms with Gasteiger partial charge in [-0.15, -0.1) is 0 Å². The maximum atomic E-state index is 12.9. The van der Waals surface area contributed by atoms with Crippen LogP contribution < -0.4 is 5.44 Å². The van der Waals surface area contributed by atoms with Gasteiger partial charge in [0.05, 0.1) is 0 Å². The van der Waals surface area contributed by atoms with Gasteiger partial charge in [0.15, 0.2) is 0 Å². The van der Waals surface area contributed by atoms with Gasteiger partial charge in [-0.25, -0.2) is 0 Å². The topological polar surface area (TPSA) is 40.5 Å². The fourth-order valence-corrected chi connectivity index (χ4v) is 3.91. The molecule has 3 rings (SSSR count). The van der Waals surface area contributed by atoms with Crippen molar-refractivity contribution in [3.63, 3.8) is 0 Å². The maximum absolute atomic E-state index is 12.9. The Hall–Kier alpha value is -1.87. The normalized spacial score (nSPS) is 11.9. The molecule has 0 spiro atoms. The molecule has 0 unspecified atom stereocenters. The Morgan fingerprint density at radius 1 is 0.955 bits per heavy atom. The average molecular weight is 315 g/mol. The Kier molecular flexibility index (Phi) is 4.16. The summed E-state index contributed by atoms with van der Waals surface area (Å²) in [6, 6.07) is 19.9. The first-order valence-electron chi connectivity index (χ1n) is 7.02. The second kappa shape index (κ2) is 6.09. The molecule has 22 heavy (non-hydrogen) atoms. The standard InChI is InChI=1S/C17H18NO3P/c1-20-22(19,21-2)17-12-15-10-6-7-11-16(15)18(17)13-14-8-4-3-5-9-14/h3-12H,13H2,1-2H3. The van der Waals surface area contributed by atoms with Crippen molar-refractivity contribution in [3.05, 3.63) is 66.2 Å². The summed E-state index contributed by atoms with van der Waals surface area (Å²) in [5, 5.41) is 1.02. The summed E-state index contributed by atoms with van der Waals surface area (Å²) >= 11 is 0. The summed E-state index contributed by atoms with van der Waals surface area (Å²) in [6.07, 6.45) is 0. The highest BCUT2D eigenvalue weighted by molar-refractivity contribution is 7.62. The van der Waals surface area contributed by atoms with E-state index in [1.165, 1.54) is 14.2 Å². The van der Waals surface area contributed by atoms with Crippen molar-refractivity contribution in [1.82, 2.24) is 4.57 Å². The number of fused-ring (bicyclic) bond motifs is 1. The lowest BCUT2D eigenvalue weighted by Gasteiger charge is -2.17. The minimum Gasteiger partial charge on any atom is -0.330 e. The third-order valence-electron chi connectivity index (χ3n) is 3.73. The predicted molar refractivity (Wildman–Crippen MR) is 88.7 cm³/mol. The van der Waals surface area contributed by atoms with E-state index in [0.717, 1.165) is 16.5 Å². The van der Waals surface area contributed by atoms with Crippen LogP contribution in [0.3, 0.4) is 0 Å². The first-order chi connectivity index (χ1) is 10.7. The van der Waals surface area contributed by atoms with Crippen molar-refractivity contribution in [2.45, 2.75) is 6.54 Å². The highest BCUT2D eigenvalue weighted by atomic mass is 31.2. The van der Waals surface area contributed by atoms with E-state index < -0.39 is 7.60 Å². The zero-order valence-corrected chi connectivity index (χ0v) is 13.5. The van der Waals surface area contributed by atoms with E-state index >= 15 is 0 Å². The minimum absolute atomic E-state index is 0.572. The fourth-order valence-electron chi connectivity index (χ4n) is 2.62. The van der Waals surface area contributed by atoms with E-state index in [-0.39, 0.29) is 0 Å². The minimum atomic E-state index is -3.32. The Morgan fingerprint density at radius 2 is 1.59 bits per heavy atom. The van der Waals surface area contributed by atoms with Gasteiger partial charge in [0.1, 0.15) is 5.44 Å². The van der Waals surface area contributed by atoms with Gasteiger partial charge in [-0.1, -0.05) is 48.5 Å². The second-order valence-corrected chi connectivity index (χ2v) is 7.18. The molecule has 0 atom stereocenters. The molecule has 0 aliphatic heterocycles. The molecule has 0 amide bonds. The van der Waals surface area contributed by atoms with E-state index in [0.29, 0.717) is 12.0 Å². The fraction of sp³-hybridized carbons (Fsp3) is 0.176. The number of aromatic nitrogens is 1. The van der Waals surface area contributed by atoms with E-state index in [1.807, 2.05) is 65.2 Å². The van der Waals surface area contributed by atoms with Crippen LogP contribution in [0.25, 0.3) is 10.9 Å². The SMILES string of the molecule is COP(=O)(OC)c1cc2ccccc2n1Cc1ccccc1. The third kappa shape index (κ3) is 2.61. The molecular formula is C17H18NO3P. The summed E-state index contributed by atoms with van der Waals surface area (Å²) in [6.45, 7) is 0.612. The number of benzene rings is 2. The number of hydrogen-bond donors (Lipinski definition) is 0. The van der Waals surface area contributed by atoms with Crippen molar-refractivity contribution >= 4 is 23.9 Å². The molecule has 5 heteroatoms. The van der Waals surface area contributed by atoms with Crippen LogP contribution in [-0.2, 0) is 20.2 Å². The van der Waals surface area contributed by atoms with Gasteiger partial charge in [0.25, 0.3) is 0 Å². The summed E-state index contributed by atoms with van der Waals surface area (Å²) in [5.41, 5.74) is 2.71. The van der Waals surface area contributed by atoms with Crippen LogP contribution in [-0.4, -0.2) is 18.8 Å². The predicted octanol–water partition coefficient (Wildman–Crippen LogP) is 3.80. The molecule has 0 radical (unpaired) electrons. The highest BCUT2D eigenvalue weighted by Gasteiger charge is 2.29. The Balaban J connectivity index is 2.19. The van der Waals surface area contributed by atoms with E-state index in [4.69, 9.17) is 9.05 Å². The van der Waals surface area contributed by atoms with E-state index in [9.17, 15) is 4.57 Å². The first-order valence-corrected chi connectivity index (χ1v) is 8.56. The Bertz CT molecular complexity index is 818. The van der Waals surface area contributed by atoms with Crippen LogP contribution in [0.15, 0.2) is 60.7 Å². The lowest BCUT2D eigenvalue weighted by Crippen LogP contribution is -2.19. The lowest BCUT2D eigenvalue weighted by molar-refractivity contribution is 0.285.